The number of carbonyl (C=O) groups excluding carboxylic acids is 1. The summed E-state index contributed by atoms with van der Waals surface area (Å²) in [5, 5.41) is 2.81. The molecule has 1 saturated carbocycles. The standard InChI is InChI=1S/C13H26N2O3S/c1-19(17,18)10-8-12(14)13(16)15-9-7-11-5-3-2-4-6-11/h11-12H,2-10,14H2,1H3,(H,15,16). The van der Waals surface area contributed by atoms with Gasteiger partial charge in [-0.25, -0.2) is 8.42 Å². The van der Waals surface area contributed by atoms with Gasteiger partial charge in [0.2, 0.25) is 5.91 Å². The molecule has 3 N–H and O–H groups in total. The van der Waals surface area contributed by atoms with E-state index in [1.165, 1.54) is 32.1 Å². The van der Waals surface area contributed by atoms with Crippen LogP contribution in [0.3, 0.4) is 0 Å². The number of nitrogens with one attached hydrogen (secondary N) is 1. The Morgan fingerprint density at radius 3 is 2.53 bits per heavy atom. The van der Waals surface area contributed by atoms with Crippen molar-refractivity contribution in [3.8, 4) is 0 Å². The van der Waals surface area contributed by atoms with Gasteiger partial charge in [0, 0.05) is 12.8 Å². The topological polar surface area (TPSA) is 89.3 Å². The first-order chi connectivity index (χ1) is 8.88. The molecule has 0 heterocycles. The van der Waals surface area contributed by atoms with E-state index >= 15 is 0 Å². The van der Waals surface area contributed by atoms with Crippen LogP contribution in [0.2, 0.25) is 0 Å². The highest BCUT2D eigenvalue weighted by atomic mass is 32.2. The van der Waals surface area contributed by atoms with Gasteiger partial charge < -0.3 is 11.1 Å². The van der Waals surface area contributed by atoms with Gasteiger partial charge in [-0.05, 0) is 18.8 Å². The molecule has 1 aliphatic carbocycles. The third-order valence-corrected chi connectivity index (χ3v) is 4.69. The quantitative estimate of drug-likeness (QED) is 0.727. The van der Waals surface area contributed by atoms with Crippen LogP contribution in [0.25, 0.3) is 0 Å². The first kappa shape index (κ1) is 16.4. The van der Waals surface area contributed by atoms with Crippen molar-refractivity contribution in [2.75, 3.05) is 18.6 Å². The summed E-state index contributed by atoms with van der Waals surface area (Å²) < 4.78 is 22.0. The molecular weight excluding hydrogens is 264 g/mol. The third kappa shape index (κ3) is 7.52. The highest BCUT2D eigenvalue weighted by Gasteiger charge is 2.17. The molecule has 0 saturated heterocycles. The van der Waals surface area contributed by atoms with Crippen molar-refractivity contribution in [1.29, 1.82) is 0 Å². The van der Waals surface area contributed by atoms with Gasteiger partial charge in [-0.3, -0.25) is 4.79 Å². The molecule has 1 aliphatic rings. The predicted molar refractivity (Wildman–Crippen MR) is 76.5 cm³/mol. The van der Waals surface area contributed by atoms with Crippen LogP contribution in [0.1, 0.15) is 44.9 Å². The van der Waals surface area contributed by atoms with Crippen LogP contribution in [-0.4, -0.2) is 38.9 Å². The molecule has 112 valence electrons. The number of carbonyl (C=O) groups is 1. The first-order valence-electron chi connectivity index (χ1n) is 7.09. The van der Waals surface area contributed by atoms with E-state index in [9.17, 15) is 13.2 Å². The van der Waals surface area contributed by atoms with Crippen LogP contribution in [0, 0.1) is 5.92 Å². The van der Waals surface area contributed by atoms with Crippen LogP contribution < -0.4 is 11.1 Å². The fraction of sp³-hybridized carbons (Fsp3) is 0.923. The monoisotopic (exact) mass is 290 g/mol. The number of nitrogens with two attached hydrogens (primary N) is 1. The summed E-state index contributed by atoms with van der Waals surface area (Å²) in [7, 11) is -3.05. The lowest BCUT2D eigenvalue weighted by Gasteiger charge is -2.21. The lowest BCUT2D eigenvalue weighted by molar-refractivity contribution is -0.122. The average molecular weight is 290 g/mol. The molecule has 5 nitrogen and oxygen atoms in total. The second-order valence-electron chi connectivity index (χ2n) is 5.61. The van der Waals surface area contributed by atoms with Crippen molar-refractivity contribution in [3.63, 3.8) is 0 Å². The maximum atomic E-state index is 11.7. The molecule has 0 aromatic rings. The second-order valence-corrected chi connectivity index (χ2v) is 7.87. The number of sulfone groups is 1. The lowest BCUT2D eigenvalue weighted by Crippen LogP contribution is -2.42. The van der Waals surface area contributed by atoms with Crippen molar-refractivity contribution in [1.82, 2.24) is 5.32 Å². The number of amides is 1. The molecule has 1 fully saturated rings. The zero-order valence-corrected chi connectivity index (χ0v) is 12.5. The Balaban J connectivity index is 2.15. The Kier molecular flexibility index (Phi) is 6.79. The Bertz CT molecular complexity index is 375. The fourth-order valence-corrected chi connectivity index (χ4v) is 3.16. The van der Waals surface area contributed by atoms with E-state index in [1.807, 2.05) is 0 Å². The Morgan fingerprint density at radius 2 is 1.95 bits per heavy atom. The molecule has 0 bridgehead atoms. The van der Waals surface area contributed by atoms with Crippen LogP contribution in [-0.2, 0) is 14.6 Å². The summed E-state index contributed by atoms with van der Waals surface area (Å²) >= 11 is 0. The van der Waals surface area contributed by atoms with Gasteiger partial charge in [0.1, 0.15) is 9.84 Å². The Labute approximate surface area is 116 Å². The molecule has 0 aromatic heterocycles. The summed E-state index contributed by atoms with van der Waals surface area (Å²) in [6.07, 6.45) is 8.80. The van der Waals surface area contributed by atoms with E-state index in [0.29, 0.717) is 6.54 Å². The maximum absolute atomic E-state index is 11.7. The van der Waals surface area contributed by atoms with Gasteiger partial charge in [0.05, 0.1) is 11.8 Å². The predicted octanol–water partition coefficient (Wildman–Crippen LogP) is 0.835. The third-order valence-electron chi connectivity index (χ3n) is 3.71. The molecule has 1 rings (SSSR count). The zero-order chi connectivity index (χ0) is 14.3. The highest BCUT2D eigenvalue weighted by Crippen LogP contribution is 2.25. The smallest absolute Gasteiger partial charge is 0.236 e. The molecule has 0 aromatic carbocycles. The van der Waals surface area contributed by atoms with Gasteiger partial charge in [-0.2, -0.15) is 0 Å². The molecule has 0 radical (unpaired) electrons. The summed E-state index contributed by atoms with van der Waals surface area (Å²) in [5.41, 5.74) is 5.67. The van der Waals surface area contributed by atoms with Crippen molar-refractivity contribution in [2.45, 2.75) is 51.0 Å². The van der Waals surface area contributed by atoms with Crippen molar-refractivity contribution < 1.29 is 13.2 Å². The molecule has 0 spiro atoms. The molecular formula is C13H26N2O3S. The van der Waals surface area contributed by atoms with Crippen LogP contribution in [0.4, 0.5) is 0 Å². The van der Waals surface area contributed by atoms with Crippen molar-refractivity contribution in [2.24, 2.45) is 11.7 Å². The molecule has 1 unspecified atom stereocenters. The van der Waals surface area contributed by atoms with Gasteiger partial charge in [0.25, 0.3) is 0 Å². The van der Waals surface area contributed by atoms with Gasteiger partial charge in [-0.15, -0.1) is 0 Å². The first-order valence-corrected chi connectivity index (χ1v) is 9.15. The van der Waals surface area contributed by atoms with Gasteiger partial charge in [-0.1, -0.05) is 32.1 Å². The summed E-state index contributed by atoms with van der Waals surface area (Å²) in [6, 6.07) is -0.721. The minimum atomic E-state index is -3.05. The molecule has 19 heavy (non-hydrogen) atoms. The number of hydrogen-bond donors (Lipinski definition) is 2. The summed E-state index contributed by atoms with van der Waals surface area (Å²) in [5.74, 6) is 0.449. The van der Waals surface area contributed by atoms with Gasteiger partial charge >= 0.3 is 0 Å². The van der Waals surface area contributed by atoms with E-state index in [-0.39, 0.29) is 18.1 Å². The largest absolute Gasteiger partial charge is 0.355 e. The van der Waals surface area contributed by atoms with E-state index in [1.54, 1.807) is 0 Å². The lowest BCUT2D eigenvalue weighted by atomic mass is 9.87. The van der Waals surface area contributed by atoms with Crippen molar-refractivity contribution in [3.05, 3.63) is 0 Å². The van der Waals surface area contributed by atoms with E-state index in [2.05, 4.69) is 5.32 Å². The zero-order valence-electron chi connectivity index (χ0n) is 11.7. The Morgan fingerprint density at radius 1 is 1.32 bits per heavy atom. The van der Waals surface area contributed by atoms with Crippen molar-refractivity contribution >= 4 is 15.7 Å². The van der Waals surface area contributed by atoms with E-state index < -0.39 is 15.9 Å². The Hall–Kier alpha value is -0.620. The second kappa shape index (κ2) is 7.85. The molecule has 6 heteroatoms. The van der Waals surface area contributed by atoms with E-state index in [4.69, 9.17) is 5.73 Å². The van der Waals surface area contributed by atoms with Crippen LogP contribution in [0.5, 0.6) is 0 Å². The number of hydrogen-bond acceptors (Lipinski definition) is 4. The number of rotatable bonds is 7. The van der Waals surface area contributed by atoms with E-state index in [0.717, 1.165) is 18.6 Å². The normalized spacial score (nSPS) is 19.1. The minimum absolute atomic E-state index is 0.0375. The van der Waals surface area contributed by atoms with Crippen LogP contribution in [0.15, 0.2) is 0 Å². The van der Waals surface area contributed by atoms with Gasteiger partial charge in [0.15, 0.2) is 0 Å². The fourth-order valence-electron chi connectivity index (χ4n) is 2.48. The molecule has 1 atom stereocenters. The summed E-state index contributed by atoms with van der Waals surface area (Å²) in [6.45, 7) is 0.649. The maximum Gasteiger partial charge on any atom is 0.236 e. The SMILES string of the molecule is CS(=O)(=O)CCC(N)C(=O)NCCC1CCCCC1. The minimum Gasteiger partial charge on any atom is -0.355 e. The van der Waals surface area contributed by atoms with Crippen LogP contribution >= 0.6 is 0 Å². The molecule has 0 aliphatic heterocycles. The average Bonchev–Trinajstić information content (AvgIpc) is 2.36. The summed E-state index contributed by atoms with van der Waals surface area (Å²) in [4.78, 5) is 11.7. The molecule has 1 amide bonds. The highest BCUT2D eigenvalue weighted by molar-refractivity contribution is 7.90.